The number of nitrogens with two attached hydrogens (primary N) is 1. The molecule has 0 aromatic carbocycles. The predicted octanol–water partition coefficient (Wildman–Crippen LogP) is -1.12. The highest BCUT2D eigenvalue weighted by Crippen LogP contribution is 2.15. The minimum Gasteiger partial charge on any atom is -0.351 e. The molecular weight excluding hydrogens is 282 g/mol. The first-order valence-corrected chi connectivity index (χ1v) is 4.12. The number of amides is 2. The fourth-order valence-electron chi connectivity index (χ4n) is 0.956. The third-order valence-electron chi connectivity index (χ3n) is 1.87. The number of carbonyl (C=O) groups is 1. The molecule has 2 N–H and O–H groups in total. The summed E-state index contributed by atoms with van der Waals surface area (Å²) in [6.45, 7) is -3.54. The number of urea groups is 1. The van der Waals surface area contributed by atoms with Crippen molar-refractivity contribution in [1.29, 1.82) is 0 Å². The van der Waals surface area contributed by atoms with Gasteiger partial charge in [0, 0.05) is 5.34 Å². The van der Waals surface area contributed by atoms with E-state index in [1.807, 2.05) is 0 Å². The van der Waals surface area contributed by atoms with Crippen molar-refractivity contribution in [2.75, 3.05) is 13.2 Å². The van der Waals surface area contributed by atoms with Gasteiger partial charge in [0.05, 0.1) is 0 Å². The van der Waals surface area contributed by atoms with Crippen LogP contribution in [0.5, 0.6) is 0 Å². The SMILES string of the molecule is NC(=O)N(CN(F)F)CC([N+](=O)[O-])([N+](=O)[O-])[N+](=O)[O-]. The molecule has 0 aliphatic rings. The summed E-state index contributed by atoms with van der Waals surface area (Å²) < 4.78 is 23.8. The largest absolute Gasteiger partial charge is 0.717 e. The van der Waals surface area contributed by atoms with Gasteiger partial charge < -0.3 is 5.73 Å². The fraction of sp³-hybridized carbons (Fsp3) is 0.750. The molecule has 0 aliphatic heterocycles. The zero-order valence-electron chi connectivity index (χ0n) is 8.84. The van der Waals surface area contributed by atoms with E-state index in [1.54, 1.807) is 0 Å². The van der Waals surface area contributed by atoms with E-state index in [9.17, 15) is 44.1 Å². The van der Waals surface area contributed by atoms with Crippen LogP contribution < -0.4 is 5.73 Å². The molecule has 0 fully saturated rings. The first-order valence-electron chi connectivity index (χ1n) is 4.12. The van der Waals surface area contributed by atoms with Gasteiger partial charge in [0.25, 0.3) is 0 Å². The lowest BCUT2D eigenvalue weighted by molar-refractivity contribution is -0.968. The van der Waals surface area contributed by atoms with E-state index in [0.29, 0.717) is 0 Å². The summed E-state index contributed by atoms with van der Waals surface area (Å²) in [5, 5.41) is 29.8. The Morgan fingerprint density at radius 2 is 1.47 bits per heavy atom. The average Bonchev–Trinajstić information content (AvgIpc) is 2.21. The zero-order chi connectivity index (χ0) is 15.4. The Balaban J connectivity index is 5.52. The molecule has 0 saturated heterocycles. The number of nitrogens with zero attached hydrogens (tertiary/aromatic N) is 5. The number of rotatable bonds is 7. The molecule has 0 heterocycles. The van der Waals surface area contributed by atoms with Gasteiger partial charge >= 0.3 is 11.8 Å². The lowest BCUT2D eigenvalue weighted by Crippen LogP contribution is -2.62. The summed E-state index contributed by atoms with van der Waals surface area (Å²) in [4.78, 5) is 36.1. The van der Waals surface area contributed by atoms with E-state index in [4.69, 9.17) is 0 Å². The lowest BCUT2D eigenvalue weighted by atomic mass is 10.3. The van der Waals surface area contributed by atoms with Crippen LogP contribution in [-0.2, 0) is 0 Å². The van der Waals surface area contributed by atoms with Gasteiger partial charge in [-0.1, -0.05) is 8.96 Å². The Morgan fingerprint density at radius 3 is 1.68 bits per heavy atom. The fourth-order valence-corrected chi connectivity index (χ4v) is 0.956. The Labute approximate surface area is 101 Å². The van der Waals surface area contributed by atoms with Crippen molar-refractivity contribution in [3.8, 4) is 0 Å². The molecule has 15 heteroatoms. The second-order valence-electron chi connectivity index (χ2n) is 3.03. The van der Waals surface area contributed by atoms with E-state index in [2.05, 4.69) is 5.73 Å². The molecule has 2 amide bonds. The van der Waals surface area contributed by atoms with Crippen molar-refractivity contribution in [3.63, 3.8) is 0 Å². The van der Waals surface area contributed by atoms with Crippen molar-refractivity contribution >= 4 is 6.03 Å². The Bertz CT molecular complexity index is 378. The van der Waals surface area contributed by atoms with Gasteiger partial charge in [0.2, 0.25) is 6.54 Å². The molecule has 0 bridgehead atoms. The van der Waals surface area contributed by atoms with Crippen LogP contribution in [0.1, 0.15) is 0 Å². The summed E-state index contributed by atoms with van der Waals surface area (Å²) >= 11 is 0. The number of primary amides is 1. The molecule has 108 valence electrons. The van der Waals surface area contributed by atoms with Crippen LogP contribution in [0.2, 0.25) is 0 Å². The second kappa shape index (κ2) is 5.76. The van der Waals surface area contributed by atoms with E-state index in [0.717, 1.165) is 0 Å². The van der Waals surface area contributed by atoms with Crippen LogP contribution in [-0.4, -0.2) is 50.0 Å². The monoisotopic (exact) mass is 288 g/mol. The molecule has 19 heavy (non-hydrogen) atoms. The van der Waals surface area contributed by atoms with Gasteiger partial charge in [-0.25, -0.2) is 4.79 Å². The Hall–Kier alpha value is -2.71. The number of halogens is 2. The third-order valence-corrected chi connectivity index (χ3v) is 1.87. The van der Waals surface area contributed by atoms with E-state index in [1.165, 1.54) is 0 Å². The van der Waals surface area contributed by atoms with E-state index in [-0.39, 0.29) is 4.90 Å². The number of nitro groups is 3. The highest BCUT2D eigenvalue weighted by molar-refractivity contribution is 5.71. The minimum atomic E-state index is -4.08. The molecule has 0 radical (unpaired) electrons. The van der Waals surface area contributed by atoms with Crippen molar-refractivity contribution in [2.45, 2.75) is 5.79 Å². The normalized spacial score (nSPS) is 11.1. The van der Waals surface area contributed by atoms with Crippen LogP contribution >= 0.6 is 0 Å². The van der Waals surface area contributed by atoms with Gasteiger partial charge in [-0.3, -0.25) is 35.2 Å². The molecule has 0 spiro atoms. The molecule has 0 aliphatic carbocycles. The van der Waals surface area contributed by atoms with Crippen LogP contribution in [0.4, 0.5) is 13.8 Å². The van der Waals surface area contributed by atoms with Gasteiger partial charge in [-0.15, -0.1) is 0 Å². The molecule has 0 unspecified atom stereocenters. The molecule has 0 atom stereocenters. The minimum absolute atomic E-state index is 0.311. The molecule has 0 aromatic heterocycles. The zero-order valence-corrected chi connectivity index (χ0v) is 8.84. The highest BCUT2D eigenvalue weighted by Gasteiger charge is 2.71. The first kappa shape index (κ1) is 16.3. The summed E-state index contributed by atoms with van der Waals surface area (Å²) in [7, 11) is 0. The summed E-state index contributed by atoms with van der Waals surface area (Å²) in [6.07, 6.45) is 0. The van der Waals surface area contributed by atoms with Crippen molar-refractivity contribution in [1.82, 2.24) is 10.2 Å². The van der Waals surface area contributed by atoms with Gasteiger partial charge in [-0.05, 0) is 0 Å². The number of hydrogen-bond donors (Lipinski definition) is 1. The topological polar surface area (TPSA) is 179 Å². The number of carbonyl (C=O) groups excluding carboxylic acids is 1. The van der Waals surface area contributed by atoms with Crippen LogP contribution in [0.25, 0.3) is 0 Å². The highest BCUT2D eigenvalue weighted by atomic mass is 19.4. The first-order chi connectivity index (χ1) is 8.55. The molecule has 13 nitrogen and oxygen atoms in total. The molecular formula is C4H6F2N6O7. The average molecular weight is 288 g/mol. The maximum atomic E-state index is 11.9. The van der Waals surface area contributed by atoms with E-state index >= 15 is 0 Å². The Kier molecular flexibility index (Phi) is 4.94. The van der Waals surface area contributed by atoms with Gasteiger partial charge in [0.1, 0.15) is 6.67 Å². The van der Waals surface area contributed by atoms with Crippen molar-refractivity contribution in [3.05, 3.63) is 30.3 Å². The van der Waals surface area contributed by atoms with Crippen molar-refractivity contribution in [2.24, 2.45) is 5.73 Å². The second-order valence-corrected chi connectivity index (χ2v) is 3.03. The van der Waals surface area contributed by atoms with E-state index < -0.39 is 45.1 Å². The molecule has 0 aromatic rings. The van der Waals surface area contributed by atoms with Crippen LogP contribution in [0.15, 0.2) is 0 Å². The van der Waals surface area contributed by atoms with Crippen molar-refractivity contribution < 1.29 is 28.5 Å². The maximum absolute atomic E-state index is 11.9. The maximum Gasteiger partial charge on any atom is 0.717 e. The molecule has 0 saturated carbocycles. The summed E-state index contributed by atoms with van der Waals surface area (Å²) in [5.41, 5.74) is 4.55. The Morgan fingerprint density at radius 1 is 1.11 bits per heavy atom. The number of hydrogen-bond acceptors (Lipinski definition) is 8. The molecule has 0 rings (SSSR count). The smallest absolute Gasteiger partial charge is 0.351 e. The van der Waals surface area contributed by atoms with Crippen LogP contribution in [0.3, 0.4) is 0 Å². The summed E-state index contributed by atoms with van der Waals surface area (Å²) in [6, 6.07) is -1.73. The standard InChI is InChI=1S/C4H6F2N6O7/c5-9(6)2-8(3(7)13)1-4(10(14)15,11(16)17)12(18)19/h1-2H2,(H2,7,13). The van der Waals surface area contributed by atoms with Gasteiger partial charge in [-0.2, -0.15) is 0 Å². The predicted molar refractivity (Wildman–Crippen MR) is 48.9 cm³/mol. The lowest BCUT2D eigenvalue weighted by Gasteiger charge is -2.19. The summed E-state index contributed by atoms with van der Waals surface area (Å²) in [5.74, 6) is -4.08. The third kappa shape index (κ3) is 3.37. The van der Waals surface area contributed by atoms with Gasteiger partial charge in [0.15, 0.2) is 14.8 Å². The van der Waals surface area contributed by atoms with Crippen LogP contribution in [0, 0.1) is 30.3 Å². The quantitative estimate of drug-likeness (QED) is 0.264.